The van der Waals surface area contributed by atoms with Crippen molar-refractivity contribution >= 4 is 11.7 Å². The van der Waals surface area contributed by atoms with Crippen LogP contribution in [0.5, 0.6) is 5.75 Å². The molecule has 0 bridgehead atoms. The van der Waals surface area contributed by atoms with Crippen LogP contribution in [0.2, 0.25) is 0 Å². The fourth-order valence-electron chi connectivity index (χ4n) is 1.85. The third-order valence-electron chi connectivity index (χ3n) is 2.63. The summed E-state index contributed by atoms with van der Waals surface area (Å²) in [5.41, 5.74) is 0.326. The molecule has 1 aromatic rings. The predicted octanol–water partition coefficient (Wildman–Crippen LogP) is 2.82. The van der Waals surface area contributed by atoms with Crippen molar-refractivity contribution in [3.8, 4) is 5.75 Å². The highest BCUT2D eigenvalue weighted by molar-refractivity contribution is 5.89. The Labute approximate surface area is 122 Å². The molecule has 118 valence electrons. The summed E-state index contributed by atoms with van der Waals surface area (Å²) < 4.78 is 28.5. The number of hydrogen-bond donors (Lipinski definition) is 3. The minimum atomic E-state index is -2.92. The summed E-state index contributed by atoms with van der Waals surface area (Å²) in [7, 11) is 0. The number of urea groups is 1. The molecule has 0 aliphatic carbocycles. The van der Waals surface area contributed by atoms with Gasteiger partial charge in [-0.05, 0) is 24.5 Å². The molecule has 1 aromatic carbocycles. The van der Waals surface area contributed by atoms with E-state index < -0.39 is 12.6 Å². The summed E-state index contributed by atoms with van der Waals surface area (Å²) in [4.78, 5) is 11.8. The zero-order chi connectivity index (χ0) is 15.8. The number of nitrogens with one attached hydrogen (secondary N) is 2. The smallest absolute Gasteiger partial charge is 0.387 e. The molecular formula is C14H20F2N2O3. The molecule has 0 fully saturated rings. The number of aliphatic hydroxyl groups excluding tert-OH is 1. The van der Waals surface area contributed by atoms with E-state index in [4.69, 9.17) is 0 Å². The van der Waals surface area contributed by atoms with Crippen LogP contribution in [-0.4, -0.2) is 30.4 Å². The molecule has 0 heterocycles. The van der Waals surface area contributed by atoms with E-state index in [1.807, 2.05) is 13.8 Å². The summed E-state index contributed by atoms with van der Waals surface area (Å²) in [5, 5.41) is 14.3. The van der Waals surface area contributed by atoms with E-state index in [0.717, 1.165) is 0 Å². The van der Waals surface area contributed by atoms with Gasteiger partial charge in [-0.1, -0.05) is 19.9 Å². The normalized spacial score (nSPS) is 12.3. The molecule has 3 N–H and O–H groups in total. The Kier molecular flexibility index (Phi) is 6.87. The van der Waals surface area contributed by atoms with Crippen molar-refractivity contribution in [3.05, 3.63) is 24.3 Å². The van der Waals surface area contributed by atoms with Gasteiger partial charge in [0, 0.05) is 11.8 Å². The van der Waals surface area contributed by atoms with Gasteiger partial charge in [0.05, 0.1) is 12.6 Å². The minimum Gasteiger partial charge on any atom is -0.435 e. The molecule has 0 aliphatic rings. The molecule has 0 spiro atoms. The van der Waals surface area contributed by atoms with Crippen molar-refractivity contribution in [1.29, 1.82) is 0 Å². The number of anilines is 1. The topological polar surface area (TPSA) is 70.6 Å². The Morgan fingerprint density at radius 3 is 2.67 bits per heavy atom. The summed E-state index contributed by atoms with van der Waals surface area (Å²) >= 11 is 0. The van der Waals surface area contributed by atoms with Crippen LogP contribution in [0.15, 0.2) is 24.3 Å². The number of alkyl halides is 2. The number of benzene rings is 1. The van der Waals surface area contributed by atoms with E-state index in [0.29, 0.717) is 18.0 Å². The lowest BCUT2D eigenvalue weighted by Gasteiger charge is -2.18. The predicted molar refractivity (Wildman–Crippen MR) is 75.6 cm³/mol. The summed E-state index contributed by atoms with van der Waals surface area (Å²) in [5.74, 6) is 0.286. The van der Waals surface area contributed by atoms with Gasteiger partial charge in [0.15, 0.2) is 0 Å². The van der Waals surface area contributed by atoms with Crippen LogP contribution in [0.3, 0.4) is 0 Å². The van der Waals surface area contributed by atoms with E-state index in [-0.39, 0.29) is 18.4 Å². The molecule has 21 heavy (non-hydrogen) atoms. The average Bonchev–Trinajstić information content (AvgIpc) is 2.36. The number of carbonyl (C=O) groups excluding carboxylic acids is 1. The van der Waals surface area contributed by atoms with Crippen LogP contribution in [0.25, 0.3) is 0 Å². The van der Waals surface area contributed by atoms with Crippen LogP contribution in [-0.2, 0) is 0 Å². The lowest BCUT2D eigenvalue weighted by Crippen LogP contribution is -2.40. The molecule has 1 rings (SSSR count). The van der Waals surface area contributed by atoms with Gasteiger partial charge in [-0.3, -0.25) is 0 Å². The number of amides is 2. The first-order valence-electron chi connectivity index (χ1n) is 6.64. The third kappa shape index (κ3) is 6.89. The number of aliphatic hydroxyl groups is 1. The summed E-state index contributed by atoms with van der Waals surface area (Å²) in [6.07, 6.45) is 0.637. The summed E-state index contributed by atoms with van der Waals surface area (Å²) in [6.45, 7) is 0.875. The first-order valence-corrected chi connectivity index (χ1v) is 6.64. The second kappa shape index (κ2) is 8.41. The largest absolute Gasteiger partial charge is 0.435 e. The van der Waals surface area contributed by atoms with E-state index in [9.17, 15) is 18.7 Å². The molecule has 0 aromatic heterocycles. The Morgan fingerprint density at radius 1 is 1.38 bits per heavy atom. The van der Waals surface area contributed by atoms with Crippen LogP contribution in [0, 0.1) is 5.92 Å². The Bertz CT molecular complexity index is 456. The number of ether oxygens (including phenoxy) is 1. The van der Waals surface area contributed by atoms with E-state index in [2.05, 4.69) is 15.4 Å². The molecule has 7 heteroatoms. The van der Waals surface area contributed by atoms with Crippen LogP contribution >= 0.6 is 0 Å². The molecule has 0 radical (unpaired) electrons. The number of rotatable bonds is 7. The molecule has 0 aliphatic heterocycles. The van der Waals surface area contributed by atoms with Gasteiger partial charge in [-0.2, -0.15) is 8.78 Å². The average molecular weight is 302 g/mol. The second-order valence-corrected chi connectivity index (χ2v) is 5.01. The van der Waals surface area contributed by atoms with Gasteiger partial charge in [0.2, 0.25) is 0 Å². The van der Waals surface area contributed by atoms with E-state index >= 15 is 0 Å². The highest BCUT2D eigenvalue weighted by Gasteiger charge is 2.13. The lowest BCUT2D eigenvalue weighted by atomic mass is 10.0. The molecule has 1 atom stereocenters. The van der Waals surface area contributed by atoms with Gasteiger partial charge in [-0.25, -0.2) is 4.79 Å². The van der Waals surface area contributed by atoms with Crippen LogP contribution in [0.1, 0.15) is 20.3 Å². The van der Waals surface area contributed by atoms with Crippen molar-refractivity contribution in [1.82, 2.24) is 5.32 Å². The van der Waals surface area contributed by atoms with E-state index in [1.165, 1.54) is 18.2 Å². The minimum absolute atomic E-state index is 0.0383. The van der Waals surface area contributed by atoms with Crippen molar-refractivity contribution in [2.75, 3.05) is 11.9 Å². The quantitative estimate of drug-likeness (QED) is 0.725. The zero-order valence-electron chi connectivity index (χ0n) is 12.0. The highest BCUT2D eigenvalue weighted by Crippen LogP contribution is 2.19. The molecule has 2 amide bonds. The molecule has 0 saturated carbocycles. The van der Waals surface area contributed by atoms with Crippen molar-refractivity contribution in [2.45, 2.75) is 32.9 Å². The zero-order valence-corrected chi connectivity index (χ0v) is 12.0. The van der Waals surface area contributed by atoms with Gasteiger partial charge in [-0.15, -0.1) is 0 Å². The van der Waals surface area contributed by atoms with Crippen LogP contribution < -0.4 is 15.4 Å². The second-order valence-electron chi connectivity index (χ2n) is 5.01. The Morgan fingerprint density at radius 2 is 2.10 bits per heavy atom. The van der Waals surface area contributed by atoms with E-state index in [1.54, 1.807) is 6.07 Å². The van der Waals surface area contributed by atoms with Crippen molar-refractivity contribution in [3.63, 3.8) is 0 Å². The number of hydrogen-bond acceptors (Lipinski definition) is 3. The maximum absolute atomic E-state index is 12.1. The van der Waals surface area contributed by atoms with Gasteiger partial charge in [0.25, 0.3) is 0 Å². The molecule has 0 saturated heterocycles. The maximum atomic E-state index is 12.1. The third-order valence-corrected chi connectivity index (χ3v) is 2.63. The summed E-state index contributed by atoms with van der Waals surface area (Å²) in [6, 6.07) is 4.83. The number of carbonyl (C=O) groups is 1. The first-order chi connectivity index (χ1) is 9.90. The molecule has 5 nitrogen and oxygen atoms in total. The van der Waals surface area contributed by atoms with Crippen molar-refractivity contribution < 1.29 is 23.4 Å². The SMILES string of the molecule is CC(C)CC(CO)NC(=O)Nc1cccc(OC(F)F)c1. The Balaban J connectivity index is 2.57. The maximum Gasteiger partial charge on any atom is 0.387 e. The van der Waals surface area contributed by atoms with Gasteiger partial charge < -0.3 is 20.5 Å². The lowest BCUT2D eigenvalue weighted by molar-refractivity contribution is -0.0497. The van der Waals surface area contributed by atoms with Gasteiger partial charge >= 0.3 is 12.6 Å². The fourth-order valence-corrected chi connectivity index (χ4v) is 1.85. The fraction of sp³-hybridized carbons (Fsp3) is 0.500. The highest BCUT2D eigenvalue weighted by atomic mass is 19.3. The molecule has 1 unspecified atom stereocenters. The van der Waals surface area contributed by atoms with Gasteiger partial charge in [0.1, 0.15) is 5.75 Å². The first kappa shape index (κ1) is 17.2. The van der Waals surface area contributed by atoms with Crippen molar-refractivity contribution in [2.24, 2.45) is 5.92 Å². The Hall–Kier alpha value is -1.89. The monoisotopic (exact) mass is 302 g/mol. The number of halogens is 2. The molecular weight excluding hydrogens is 282 g/mol. The standard InChI is InChI=1S/C14H20F2N2O3/c1-9(2)6-11(8-19)18-14(20)17-10-4-3-5-12(7-10)21-13(15)16/h3-5,7,9,11,13,19H,6,8H2,1-2H3,(H2,17,18,20). The van der Waals surface area contributed by atoms with Crippen LogP contribution in [0.4, 0.5) is 19.3 Å².